The van der Waals surface area contributed by atoms with E-state index in [1.54, 1.807) is 6.20 Å². The molecule has 1 unspecified atom stereocenters. The minimum atomic E-state index is 0.503. The maximum absolute atomic E-state index is 8.83. The highest BCUT2D eigenvalue weighted by Gasteiger charge is 2.33. The summed E-state index contributed by atoms with van der Waals surface area (Å²) in [7, 11) is 0. The van der Waals surface area contributed by atoms with Crippen molar-refractivity contribution in [2.45, 2.75) is 25.4 Å². The maximum atomic E-state index is 8.83. The fourth-order valence-corrected chi connectivity index (χ4v) is 3.09. The molecule has 0 aliphatic carbocycles. The number of hydrogen-bond donors (Lipinski definition) is 1. The van der Waals surface area contributed by atoms with Crippen molar-refractivity contribution in [1.82, 2.24) is 15.2 Å². The third-order valence-electron chi connectivity index (χ3n) is 4.16. The van der Waals surface area contributed by atoms with E-state index in [1.165, 1.54) is 32.5 Å². The molecule has 1 aromatic heterocycles. The molecule has 94 valence electrons. The number of nitriles is 1. The first-order valence-corrected chi connectivity index (χ1v) is 6.66. The van der Waals surface area contributed by atoms with Crippen molar-refractivity contribution in [1.29, 1.82) is 5.26 Å². The molecule has 4 heterocycles. The van der Waals surface area contributed by atoms with Crippen molar-refractivity contribution >= 4 is 0 Å². The van der Waals surface area contributed by atoms with Crippen LogP contribution in [0, 0.1) is 17.2 Å². The Morgan fingerprint density at radius 1 is 1.44 bits per heavy atom. The molecule has 1 aromatic rings. The summed E-state index contributed by atoms with van der Waals surface area (Å²) in [5.74, 6) is 0.840. The van der Waals surface area contributed by atoms with Gasteiger partial charge in [-0.3, -0.25) is 0 Å². The Morgan fingerprint density at radius 2 is 2.28 bits per heavy atom. The van der Waals surface area contributed by atoms with Crippen molar-refractivity contribution < 1.29 is 0 Å². The molecule has 0 radical (unpaired) electrons. The molecular formula is C14H18N4. The number of hydrogen-bond acceptors (Lipinski definition) is 4. The number of pyridine rings is 1. The van der Waals surface area contributed by atoms with Gasteiger partial charge in [-0.25, -0.2) is 4.98 Å². The highest BCUT2D eigenvalue weighted by Crippen LogP contribution is 2.27. The highest BCUT2D eigenvalue weighted by molar-refractivity contribution is 5.25. The lowest BCUT2D eigenvalue weighted by Gasteiger charge is -2.45. The van der Waals surface area contributed by atoms with Crippen LogP contribution in [0.15, 0.2) is 18.3 Å². The van der Waals surface area contributed by atoms with E-state index in [9.17, 15) is 0 Å². The van der Waals surface area contributed by atoms with Gasteiger partial charge in [-0.2, -0.15) is 5.26 Å². The van der Waals surface area contributed by atoms with Gasteiger partial charge in [0, 0.05) is 25.3 Å². The fraction of sp³-hybridized carbons (Fsp3) is 0.571. The molecule has 1 N–H and O–H groups in total. The van der Waals surface area contributed by atoms with Gasteiger partial charge in [0.05, 0.1) is 0 Å². The first kappa shape index (κ1) is 11.6. The molecule has 0 spiro atoms. The molecule has 2 bridgehead atoms. The minimum Gasteiger partial charge on any atom is -0.308 e. The fourth-order valence-electron chi connectivity index (χ4n) is 3.09. The number of fused-ring (bicyclic) bond motifs is 3. The Labute approximate surface area is 108 Å². The monoisotopic (exact) mass is 242 g/mol. The molecule has 3 aliphatic rings. The number of nitrogens with zero attached hydrogens (tertiary/aromatic N) is 3. The third kappa shape index (κ3) is 2.38. The van der Waals surface area contributed by atoms with Crippen molar-refractivity contribution in [3.8, 4) is 6.07 Å². The average Bonchev–Trinajstić information content (AvgIpc) is 2.46. The molecule has 1 atom stereocenters. The molecule has 4 rings (SSSR count). The van der Waals surface area contributed by atoms with E-state index in [2.05, 4.69) is 21.3 Å². The Balaban J connectivity index is 1.59. The summed E-state index contributed by atoms with van der Waals surface area (Å²) in [6.07, 6.45) is 4.38. The molecule has 4 heteroatoms. The van der Waals surface area contributed by atoms with Crippen LogP contribution in [0.2, 0.25) is 0 Å². The summed E-state index contributed by atoms with van der Waals surface area (Å²) in [5.41, 5.74) is 1.65. The molecule has 3 aliphatic heterocycles. The molecule has 3 saturated heterocycles. The zero-order valence-electron chi connectivity index (χ0n) is 10.5. The van der Waals surface area contributed by atoms with Crippen LogP contribution in [0.5, 0.6) is 0 Å². The lowest BCUT2D eigenvalue weighted by Crippen LogP contribution is -2.55. The minimum absolute atomic E-state index is 0.503. The smallest absolute Gasteiger partial charge is 0.140 e. The standard InChI is InChI=1S/C14H18N4/c15-8-13-7-11(1-4-16-13)9-17-14-10-18-5-2-12(14)3-6-18/h1,4,7,12,14,17H,2-3,5-6,9-10H2. The van der Waals surface area contributed by atoms with Gasteiger partial charge in [-0.15, -0.1) is 0 Å². The van der Waals surface area contributed by atoms with E-state index in [0.29, 0.717) is 11.7 Å². The van der Waals surface area contributed by atoms with Gasteiger partial charge in [0.15, 0.2) is 0 Å². The van der Waals surface area contributed by atoms with Crippen LogP contribution in [0.25, 0.3) is 0 Å². The second kappa shape index (κ2) is 5.05. The van der Waals surface area contributed by atoms with Crippen LogP contribution in [-0.2, 0) is 6.54 Å². The second-order valence-corrected chi connectivity index (χ2v) is 5.29. The summed E-state index contributed by atoms with van der Waals surface area (Å²) in [6, 6.07) is 6.55. The molecule has 0 saturated carbocycles. The Bertz CT molecular complexity index is 457. The van der Waals surface area contributed by atoms with Crippen molar-refractivity contribution in [2.75, 3.05) is 19.6 Å². The summed E-state index contributed by atoms with van der Waals surface area (Å²) in [6.45, 7) is 4.57. The quantitative estimate of drug-likeness (QED) is 0.863. The van der Waals surface area contributed by atoms with E-state index < -0.39 is 0 Å². The van der Waals surface area contributed by atoms with Crippen LogP contribution >= 0.6 is 0 Å². The van der Waals surface area contributed by atoms with Crippen LogP contribution in [0.1, 0.15) is 24.1 Å². The van der Waals surface area contributed by atoms with Gasteiger partial charge < -0.3 is 10.2 Å². The third-order valence-corrected chi connectivity index (χ3v) is 4.16. The number of piperidine rings is 3. The van der Waals surface area contributed by atoms with Gasteiger partial charge in [0.2, 0.25) is 0 Å². The number of nitrogens with one attached hydrogen (secondary N) is 1. The predicted molar refractivity (Wildman–Crippen MR) is 68.7 cm³/mol. The Hall–Kier alpha value is -1.44. The summed E-state index contributed by atoms with van der Waals surface area (Å²) >= 11 is 0. The number of aromatic nitrogens is 1. The van der Waals surface area contributed by atoms with Gasteiger partial charge in [0.25, 0.3) is 0 Å². The van der Waals surface area contributed by atoms with Crippen LogP contribution < -0.4 is 5.32 Å². The lowest BCUT2D eigenvalue weighted by atomic mass is 9.84. The lowest BCUT2D eigenvalue weighted by molar-refractivity contribution is 0.0720. The summed E-state index contributed by atoms with van der Waals surface area (Å²) in [4.78, 5) is 6.54. The van der Waals surface area contributed by atoms with Crippen molar-refractivity contribution in [3.63, 3.8) is 0 Å². The topological polar surface area (TPSA) is 52.0 Å². The first-order valence-electron chi connectivity index (χ1n) is 6.66. The number of rotatable bonds is 3. The van der Waals surface area contributed by atoms with Gasteiger partial charge in [-0.1, -0.05) is 0 Å². The molecule has 3 fully saturated rings. The van der Waals surface area contributed by atoms with E-state index in [4.69, 9.17) is 5.26 Å². The highest BCUT2D eigenvalue weighted by atomic mass is 15.2. The van der Waals surface area contributed by atoms with Crippen molar-refractivity contribution in [2.24, 2.45) is 5.92 Å². The van der Waals surface area contributed by atoms with Gasteiger partial charge in [0.1, 0.15) is 11.8 Å². The molecule has 4 nitrogen and oxygen atoms in total. The zero-order chi connectivity index (χ0) is 12.4. The van der Waals surface area contributed by atoms with Crippen molar-refractivity contribution in [3.05, 3.63) is 29.6 Å². The van der Waals surface area contributed by atoms with Crippen LogP contribution in [0.4, 0.5) is 0 Å². The first-order chi connectivity index (χ1) is 8.85. The summed E-state index contributed by atoms with van der Waals surface area (Å²) in [5, 5.41) is 12.5. The Morgan fingerprint density at radius 3 is 2.94 bits per heavy atom. The Kier molecular flexibility index (Phi) is 3.26. The molecule has 18 heavy (non-hydrogen) atoms. The predicted octanol–water partition coefficient (Wildman–Crippen LogP) is 1.14. The van der Waals surface area contributed by atoms with E-state index in [0.717, 1.165) is 18.0 Å². The normalized spacial score (nSPS) is 30.1. The zero-order valence-corrected chi connectivity index (χ0v) is 10.5. The average molecular weight is 242 g/mol. The second-order valence-electron chi connectivity index (χ2n) is 5.29. The van der Waals surface area contributed by atoms with E-state index in [-0.39, 0.29) is 0 Å². The van der Waals surface area contributed by atoms with E-state index in [1.807, 2.05) is 12.1 Å². The molecular weight excluding hydrogens is 224 g/mol. The van der Waals surface area contributed by atoms with Gasteiger partial charge in [-0.05, 0) is 49.5 Å². The molecule has 0 aromatic carbocycles. The largest absolute Gasteiger partial charge is 0.308 e. The van der Waals surface area contributed by atoms with Crippen LogP contribution in [-0.4, -0.2) is 35.6 Å². The SMILES string of the molecule is N#Cc1cc(CNC2CN3CCC2CC3)ccn1. The molecule has 0 amide bonds. The summed E-state index contributed by atoms with van der Waals surface area (Å²) < 4.78 is 0. The van der Waals surface area contributed by atoms with Crippen LogP contribution in [0.3, 0.4) is 0 Å². The maximum Gasteiger partial charge on any atom is 0.140 e. The van der Waals surface area contributed by atoms with Gasteiger partial charge >= 0.3 is 0 Å². The van der Waals surface area contributed by atoms with E-state index >= 15 is 0 Å².